The molecule has 1 aliphatic rings. The molecule has 1 saturated heterocycles. The maximum absolute atomic E-state index is 5.72. The Morgan fingerprint density at radius 1 is 0.600 bits per heavy atom. The van der Waals surface area contributed by atoms with Gasteiger partial charge in [-0.3, -0.25) is 0 Å². The average Bonchev–Trinajstić information content (AvgIpc) is 3.40. The second-order valence-electron chi connectivity index (χ2n) is 7.71. The van der Waals surface area contributed by atoms with Crippen LogP contribution in [0.25, 0.3) is 0 Å². The van der Waals surface area contributed by atoms with E-state index in [9.17, 15) is 0 Å². The van der Waals surface area contributed by atoms with Crippen molar-refractivity contribution in [2.75, 3.05) is 19.8 Å². The van der Waals surface area contributed by atoms with E-state index in [2.05, 4.69) is 20.8 Å². The van der Waals surface area contributed by atoms with Crippen molar-refractivity contribution in [1.29, 1.82) is 0 Å². The van der Waals surface area contributed by atoms with E-state index in [0.29, 0.717) is 6.10 Å². The predicted molar refractivity (Wildman–Crippen MR) is 111 cm³/mol. The van der Waals surface area contributed by atoms with Crippen LogP contribution in [-0.4, -0.2) is 25.9 Å². The van der Waals surface area contributed by atoms with Gasteiger partial charge in [-0.05, 0) is 19.8 Å². The summed E-state index contributed by atoms with van der Waals surface area (Å²) in [4.78, 5) is 0. The lowest BCUT2D eigenvalue weighted by molar-refractivity contribution is 0.125. The summed E-state index contributed by atoms with van der Waals surface area (Å²) in [6.45, 7) is 9.59. The monoisotopic (exact) mass is 356 g/mol. The molecule has 0 spiro atoms. The van der Waals surface area contributed by atoms with Crippen LogP contribution < -0.4 is 0 Å². The second-order valence-corrected chi connectivity index (χ2v) is 7.71. The van der Waals surface area contributed by atoms with Crippen molar-refractivity contribution in [3.05, 3.63) is 0 Å². The van der Waals surface area contributed by atoms with Crippen molar-refractivity contribution in [3.63, 3.8) is 0 Å². The van der Waals surface area contributed by atoms with E-state index in [1.54, 1.807) is 0 Å². The van der Waals surface area contributed by atoms with Gasteiger partial charge >= 0.3 is 0 Å². The molecule has 1 heterocycles. The molecule has 0 aliphatic carbocycles. The molecule has 25 heavy (non-hydrogen) atoms. The minimum atomic E-state index is 0.583. The van der Waals surface area contributed by atoms with Crippen molar-refractivity contribution in [3.8, 4) is 0 Å². The van der Waals surface area contributed by atoms with E-state index in [4.69, 9.17) is 9.47 Å². The molecule has 1 aliphatic heterocycles. The molecule has 2 heteroatoms. The minimum absolute atomic E-state index is 0.583. The highest BCUT2D eigenvalue weighted by molar-refractivity contribution is 4.58. The molecule has 2 nitrogen and oxygen atoms in total. The molecule has 0 bridgehead atoms. The first kappa shape index (κ1) is 24.9. The smallest absolute Gasteiger partial charge is 0.0781 e. The van der Waals surface area contributed by atoms with Gasteiger partial charge in [0.15, 0.2) is 0 Å². The van der Waals surface area contributed by atoms with E-state index in [0.717, 1.165) is 19.8 Å². The minimum Gasteiger partial charge on any atom is -0.381 e. The Morgan fingerprint density at radius 2 is 0.880 bits per heavy atom. The maximum atomic E-state index is 5.72. The van der Waals surface area contributed by atoms with Gasteiger partial charge in [0.25, 0.3) is 0 Å². The van der Waals surface area contributed by atoms with Crippen molar-refractivity contribution in [2.45, 2.75) is 130 Å². The summed E-state index contributed by atoms with van der Waals surface area (Å²) < 4.78 is 10.4. The molecule has 1 fully saturated rings. The first-order valence-corrected chi connectivity index (χ1v) is 11.5. The first-order valence-electron chi connectivity index (χ1n) is 11.5. The average molecular weight is 357 g/mol. The van der Waals surface area contributed by atoms with Crippen LogP contribution in [0.1, 0.15) is 124 Å². The van der Waals surface area contributed by atoms with E-state index >= 15 is 0 Å². The fourth-order valence-electron chi connectivity index (χ4n) is 2.87. The van der Waals surface area contributed by atoms with Gasteiger partial charge in [-0.1, -0.05) is 104 Å². The van der Waals surface area contributed by atoms with E-state index in [1.165, 1.54) is 103 Å². The Bertz CT molecular complexity index is 208. The van der Waals surface area contributed by atoms with Gasteiger partial charge in [-0.15, -0.1) is 0 Å². The standard InChI is InChI=1S/C20H42O.C3H6O/c1-3-5-7-9-11-13-15-17-19-21-20-18-16-14-12-10-8-6-4-2;1-3-2-4-3/h3-20H2,1-2H3;3H,2H2,1H3. The largest absolute Gasteiger partial charge is 0.381 e. The Balaban J connectivity index is 0.00000125. The van der Waals surface area contributed by atoms with E-state index in [1.807, 2.05) is 0 Å². The fourth-order valence-corrected chi connectivity index (χ4v) is 2.87. The van der Waals surface area contributed by atoms with Gasteiger partial charge in [0.1, 0.15) is 0 Å². The number of ether oxygens (including phenoxy) is 2. The van der Waals surface area contributed by atoms with Crippen LogP contribution in [0.2, 0.25) is 0 Å². The van der Waals surface area contributed by atoms with Crippen LogP contribution in [-0.2, 0) is 9.47 Å². The van der Waals surface area contributed by atoms with Crippen molar-refractivity contribution >= 4 is 0 Å². The Morgan fingerprint density at radius 3 is 1.16 bits per heavy atom. The summed E-state index contributed by atoms with van der Waals surface area (Å²) in [7, 11) is 0. The molecule has 0 amide bonds. The third-order valence-corrected chi connectivity index (χ3v) is 4.78. The molecule has 1 unspecified atom stereocenters. The van der Waals surface area contributed by atoms with Gasteiger partial charge in [-0.2, -0.15) is 0 Å². The molecule has 1 atom stereocenters. The van der Waals surface area contributed by atoms with Gasteiger partial charge in [0, 0.05) is 13.2 Å². The van der Waals surface area contributed by atoms with Crippen LogP contribution in [0.3, 0.4) is 0 Å². The lowest BCUT2D eigenvalue weighted by Crippen LogP contribution is -1.97. The van der Waals surface area contributed by atoms with Crippen LogP contribution in [0.4, 0.5) is 0 Å². The summed E-state index contributed by atoms with van der Waals surface area (Å²) in [6, 6.07) is 0. The number of unbranched alkanes of at least 4 members (excludes halogenated alkanes) is 14. The summed E-state index contributed by atoms with van der Waals surface area (Å²) >= 11 is 0. The Kier molecular flexibility index (Phi) is 21.9. The van der Waals surface area contributed by atoms with Crippen molar-refractivity contribution in [2.24, 2.45) is 0 Å². The lowest BCUT2D eigenvalue weighted by Gasteiger charge is -2.05. The third kappa shape index (κ3) is 26.3. The Hall–Kier alpha value is -0.0800. The summed E-state index contributed by atoms with van der Waals surface area (Å²) in [5.74, 6) is 0. The molecular formula is C23H48O2. The SMILES string of the molecule is CC1CO1.CCCCCCCCCCOCCCCCCCCCC. The number of hydrogen-bond acceptors (Lipinski definition) is 2. The summed E-state index contributed by atoms with van der Waals surface area (Å²) in [5, 5.41) is 0. The molecule has 0 aromatic rings. The number of epoxide rings is 1. The normalized spacial score (nSPS) is 15.7. The number of hydrogen-bond donors (Lipinski definition) is 0. The van der Waals surface area contributed by atoms with Gasteiger partial charge < -0.3 is 9.47 Å². The topological polar surface area (TPSA) is 21.8 Å². The van der Waals surface area contributed by atoms with E-state index in [-0.39, 0.29) is 0 Å². The molecule has 152 valence electrons. The van der Waals surface area contributed by atoms with Crippen molar-refractivity contribution in [1.82, 2.24) is 0 Å². The molecule has 0 saturated carbocycles. The van der Waals surface area contributed by atoms with Crippen molar-refractivity contribution < 1.29 is 9.47 Å². The zero-order valence-corrected chi connectivity index (χ0v) is 17.8. The van der Waals surface area contributed by atoms with E-state index < -0.39 is 0 Å². The second kappa shape index (κ2) is 22.0. The van der Waals surface area contributed by atoms with Crippen LogP contribution in [0.5, 0.6) is 0 Å². The van der Waals surface area contributed by atoms with Crippen LogP contribution in [0, 0.1) is 0 Å². The fraction of sp³-hybridized carbons (Fsp3) is 1.00. The highest BCUT2D eigenvalue weighted by Gasteiger charge is 2.13. The molecule has 0 aromatic carbocycles. The zero-order chi connectivity index (χ0) is 18.4. The predicted octanol–water partition coefficient (Wildman–Crippen LogP) is 7.69. The molecule has 0 aromatic heterocycles. The van der Waals surface area contributed by atoms with Gasteiger partial charge in [0.05, 0.1) is 12.7 Å². The third-order valence-electron chi connectivity index (χ3n) is 4.78. The van der Waals surface area contributed by atoms with Gasteiger partial charge in [-0.25, -0.2) is 0 Å². The summed E-state index contributed by atoms with van der Waals surface area (Å²) in [5.41, 5.74) is 0. The molecular weight excluding hydrogens is 308 g/mol. The highest BCUT2D eigenvalue weighted by atomic mass is 16.6. The quantitative estimate of drug-likeness (QED) is 0.185. The van der Waals surface area contributed by atoms with Gasteiger partial charge in [0.2, 0.25) is 0 Å². The maximum Gasteiger partial charge on any atom is 0.0781 e. The molecule has 0 radical (unpaired) electrons. The first-order chi connectivity index (χ1) is 12.3. The summed E-state index contributed by atoms with van der Waals surface area (Å²) in [6.07, 6.45) is 22.8. The highest BCUT2D eigenvalue weighted by Crippen LogP contribution is 2.10. The molecule has 1 rings (SSSR count). The Labute approximate surface area is 159 Å². The zero-order valence-electron chi connectivity index (χ0n) is 17.8. The van der Waals surface area contributed by atoms with Crippen LogP contribution in [0.15, 0.2) is 0 Å². The van der Waals surface area contributed by atoms with Crippen LogP contribution >= 0.6 is 0 Å². The number of rotatable bonds is 18. The molecule has 0 N–H and O–H groups in total. The lowest BCUT2D eigenvalue weighted by atomic mass is 10.1.